The third-order valence-electron chi connectivity index (χ3n) is 5.33. The molecule has 2 unspecified atom stereocenters. The number of piperidine rings is 1. The Morgan fingerprint density at radius 2 is 1.79 bits per heavy atom. The molecule has 0 saturated carbocycles. The molecule has 0 aromatic heterocycles. The number of methoxy groups -OCH3 is 3. The Morgan fingerprint density at radius 3 is 2.34 bits per heavy atom. The van der Waals surface area contributed by atoms with Crippen LogP contribution in [0.2, 0.25) is 0 Å². The number of hydrogen-bond acceptors (Lipinski definition) is 5. The molecule has 0 bridgehead atoms. The largest absolute Gasteiger partial charge is 0.493 e. The fraction of sp³-hybridized carbons (Fsp3) is 0.409. The molecule has 1 aliphatic rings. The van der Waals surface area contributed by atoms with Crippen molar-refractivity contribution in [3.05, 3.63) is 52.0 Å². The smallest absolute Gasteiger partial charge is 0.307 e. The summed E-state index contributed by atoms with van der Waals surface area (Å²) < 4.78 is 17.5. The molecule has 156 valence electrons. The van der Waals surface area contributed by atoms with Gasteiger partial charge in [-0.25, -0.2) is 0 Å². The molecule has 3 rings (SSSR count). The van der Waals surface area contributed by atoms with Crippen molar-refractivity contribution in [3.63, 3.8) is 0 Å². The predicted octanol–water partition coefficient (Wildman–Crippen LogP) is 4.36. The van der Waals surface area contributed by atoms with Gasteiger partial charge >= 0.3 is 5.97 Å². The highest BCUT2D eigenvalue weighted by Gasteiger charge is 2.32. The van der Waals surface area contributed by atoms with E-state index in [2.05, 4.69) is 33.0 Å². The zero-order valence-electron chi connectivity index (χ0n) is 16.9. The fourth-order valence-corrected chi connectivity index (χ4v) is 4.41. The van der Waals surface area contributed by atoms with Gasteiger partial charge in [0, 0.05) is 11.0 Å². The first-order valence-electron chi connectivity index (χ1n) is 9.50. The van der Waals surface area contributed by atoms with Crippen LogP contribution in [-0.4, -0.2) is 50.4 Å². The SMILES string of the molecule is COc1cc(C(c2cccc(Br)c2)N2CCCC(C(=O)O)C2)cc(OC)c1OC. The maximum absolute atomic E-state index is 11.6. The molecular formula is C22H26BrNO5. The third kappa shape index (κ3) is 4.67. The molecule has 1 N–H and O–H groups in total. The van der Waals surface area contributed by atoms with E-state index in [0.717, 1.165) is 28.6 Å². The second-order valence-electron chi connectivity index (χ2n) is 7.09. The van der Waals surface area contributed by atoms with E-state index in [9.17, 15) is 9.90 Å². The van der Waals surface area contributed by atoms with Crippen LogP contribution < -0.4 is 14.2 Å². The van der Waals surface area contributed by atoms with Gasteiger partial charge < -0.3 is 19.3 Å². The van der Waals surface area contributed by atoms with Gasteiger partial charge in [-0.1, -0.05) is 28.1 Å². The van der Waals surface area contributed by atoms with E-state index in [4.69, 9.17) is 14.2 Å². The van der Waals surface area contributed by atoms with E-state index in [1.54, 1.807) is 21.3 Å². The minimum Gasteiger partial charge on any atom is -0.493 e. The lowest BCUT2D eigenvalue weighted by Crippen LogP contribution is -2.41. The van der Waals surface area contributed by atoms with Crippen molar-refractivity contribution in [2.24, 2.45) is 5.92 Å². The van der Waals surface area contributed by atoms with Gasteiger partial charge in [0.25, 0.3) is 0 Å². The van der Waals surface area contributed by atoms with Crippen molar-refractivity contribution >= 4 is 21.9 Å². The van der Waals surface area contributed by atoms with E-state index in [1.165, 1.54) is 0 Å². The van der Waals surface area contributed by atoms with Crippen molar-refractivity contribution in [2.75, 3.05) is 34.4 Å². The number of ether oxygens (including phenoxy) is 3. The van der Waals surface area contributed by atoms with Crippen LogP contribution in [0.3, 0.4) is 0 Å². The first-order chi connectivity index (χ1) is 14.0. The van der Waals surface area contributed by atoms with Crippen LogP contribution in [0.25, 0.3) is 0 Å². The number of carboxylic acids is 1. The van der Waals surface area contributed by atoms with E-state index >= 15 is 0 Å². The molecule has 1 heterocycles. The molecular weight excluding hydrogens is 438 g/mol. The van der Waals surface area contributed by atoms with E-state index in [1.807, 2.05) is 24.3 Å². The summed E-state index contributed by atoms with van der Waals surface area (Å²) in [5.74, 6) is 0.573. The molecule has 2 aromatic carbocycles. The minimum absolute atomic E-state index is 0.136. The highest BCUT2D eigenvalue weighted by atomic mass is 79.9. The fourth-order valence-electron chi connectivity index (χ4n) is 3.99. The zero-order chi connectivity index (χ0) is 21.0. The summed E-state index contributed by atoms with van der Waals surface area (Å²) >= 11 is 3.56. The van der Waals surface area contributed by atoms with Crippen LogP contribution in [0, 0.1) is 5.92 Å². The molecule has 29 heavy (non-hydrogen) atoms. The molecule has 1 saturated heterocycles. The molecule has 1 fully saturated rings. The highest BCUT2D eigenvalue weighted by Crippen LogP contribution is 2.43. The number of benzene rings is 2. The Morgan fingerprint density at radius 1 is 1.10 bits per heavy atom. The lowest BCUT2D eigenvalue weighted by Gasteiger charge is -2.38. The molecule has 0 radical (unpaired) electrons. The number of rotatable bonds is 7. The Balaban J connectivity index is 2.12. The van der Waals surface area contributed by atoms with Crippen molar-refractivity contribution in [2.45, 2.75) is 18.9 Å². The number of nitrogens with zero attached hydrogens (tertiary/aromatic N) is 1. The molecule has 1 aliphatic heterocycles. The van der Waals surface area contributed by atoms with Crippen LogP contribution >= 0.6 is 15.9 Å². The van der Waals surface area contributed by atoms with E-state index < -0.39 is 5.97 Å². The van der Waals surface area contributed by atoms with Gasteiger partial charge in [0.2, 0.25) is 5.75 Å². The van der Waals surface area contributed by atoms with Crippen LogP contribution in [0.1, 0.15) is 30.0 Å². The summed E-state index contributed by atoms with van der Waals surface area (Å²) in [6.45, 7) is 1.31. The Labute approximate surface area is 179 Å². The second kappa shape index (κ2) is 9.50. The maximum atomic E-state index is 11.6. The molecule has 7 heteroatoms. The second-order valence-corrected chi connectivity index (χ2v) is 8.00. The molecule has 6 nitrogen and oxygen atoms in total. The summed E-state index contributed by atoms with van der Waals surface area (Å²) in [6.07, 6.45) is 1.54. The summed E-state index contributed by atoms with van der Waals surface area (Å²) in [5.41, 5.74) is 2.03. The monoisotopic (exact) mass is 463 g/mol. The minimum atomic E-state index is -0.743. The number of carboxylic acid groups (broad SMARTS) is 1. The Hall–Kier alpha value is -2.25. The number of halogens is 1. The molecule has 0 spiro atoms. The van der Waals surface area contributed by atoms with Gasteiger partial charge in [-0.2, -0.15) is 0 Å². The standard InChI is InChI=1S/C22H26BrNO5/c1-27-18-11-16(12-19(28-2)21(18)29-3)20(14-6-4-8-17(23)10-14)24-9-5-7-15(13-24)22(25)26/h4,6,8,10-12,15,20H,5,7,9,13H2,1-3H3,(H,25,26). The number of carbonyl (C=O) groups is 1. The van der Waals surface area contributed by atoms with Crippen molar-refractivity contribution in [1.29, 1.82) is 0 Å². The summed E-state index contributed by atoms with van der Waals surface area (Å²) in [6, 6.07) is 11.8. The zero-order valence-corrected chi connectivity index (χ0v) is 18.4. The quantitative estimate of drug-likeness (QED) is 0.657. The Kier molecular flexibility index (Phi) is 7.03. The van der Waals surface area contributed by atoms with Crippen LogP contribution in [0.5, 0.6) is 17.2 Å². The van der Waals surface area contributed by atoms with E-state index in [-0.39, 0.29) is 12.0 Å². The van der Waals surface area contributed by atoms with Gasteiger partial charge in [-0.05, 0) is 54.8 Å². The molecule has 2 aromatic rings. The summed E-state index contributed by atoms with van der Waals surface area (Å²) in [7, 11) is 4.76. The number of likely N-dealkylation sites (tertiary alicyclic amines) is 1. The first kappa shape index (κ1) is 21.5. The summed E-state index contributed by atoms with van der Waals surface area (Å²) in [4.78, 5) is 13.9. The summed E-state index contributed by atoms with van der Waals surface area (Å²) in [5, 5.41) is 9.57. The molecule has 0 amide bonds. The Bertz CT molecular complexity index is 847. The van der Waals surface area contributed by atoms with Gasteiger partial charge in [0.05, 0.1) is 33.3 Å². The van der Waals surface area contributed by atoms with Crippen molar-refractivity contribution in [1.82, 2.24) is 4.90 Å². The van der Waals surface area contributed by atoms with E-state index in [0.29, 0.717) is 30.2 Å². The van der Waals surface area contributed by atoms with Crippen LogP contribution in [0.4, 0.5) is 0 Å². The van der Waals surface area contributed by atoms with Gasteiger partial charge in [-0.15, -0.1) is 0 Å². The van der Waals surface area contributed by atoms with Crippen LogP contribution in [0.15, 0.2) is 40.9 Å². The first-order valence-corrected chi connectivity index (χ1v) is 10.3. The average molecular weight is 464 g/mol. The topological polar surface area (TPSA) is 68.2 Å². The average Bonchev–Trinajstić information content (AvgIpc) is 2.73. The third-order valence-corrected chi connectivity index (χ3v) is 5.83. The maximum Gasteiger partial charge on any atom is 0.307 e. The number of hydrogen-bond donors (Lipinski definition) is 1. The lowest BCUT2D eigenvalue weighted by molar-refractivity contribution is -0.143. The normalized spacial score (nSPS) is 18.1. The molecule has 2 atom stereocenters. The lowest BCUT2D eigenvalue weighted by atomic mass is 9.91. The van der Waals surface area contributed by atoms with Crippen molar-refractivity contribution < 1.29 is 24.1 Å². The highest BCUT2D eigenvalue weighted by molar-refractivity contribution is 9.10. The predicted molar refractivity (Wildman–Crippen MR) is 114 cm³/mol. The van der Waals surface area contributed by atoms with Gasteiger partial charge in [-0.3, -0.25) is 9.69 Å². The van der Waals surface area contributed by atoms with Crippen LogP contribution in [-0.2, 0) is 4.79 Å². The molecule has 0 aliphatic carbocycles. The van der Waals surface area contributed by atoms with Gasteiger partial charge in [0.15, 0.2) is 11.5 Å². The van der Waals surface area contributed by atoms with Crippen molar-refractivity contribution in [3.8, 4) is 17.2 Å². The van der Waals surface area contributed by atoms with Gasteiger partial charge in [0.1, 0.15) is 0 Å². The number of aliphatic carboxylic acids is 1.